The van der Waals surface area contributed by atoms with Gasteiger partial charge in [0.15, 0.2) is 5.82 Å². The Hall–Kier alpha value is -1.72. The van der Waals surface area contributed by atoms with Gasteiger partial charge in [0.05, 0.1) is 12.6 Å². The zero-order chi connectivity index (χ0) is 15.5. The van der Waals surface area contributed by atoms with Gasteiger partial charge >= 0.3 is 0 Å². The van der Waals surface area contributed by atoms with Crippen LogP contribution < -0.4 is 0 Å². The second-order valence-electron chi connectivity index (χ2n) is 6.22. The van der Waals surface area contributed by atoms with Crippen molar-refractivity contribution in [3.8, 4) is 11.4 Å². The first kappa shape index (κ1) is 15.2. The minimum Gasteiger partial charge on any atom is -0.393 e. The molecule has 2 unspecified atom stereocenters. The average molecular weight is 300 g/mol. The molecule has 1 aliphatic heterocycles. The summed E-state index contributed by atoms with van der Waals surface area (Å²) in [6.45, 7) is 3.74. The topological polar surface area (TPSA) is 54.2 Å². The molecular weight excluding hydrogens is 276 g/mol. The molecule has 5 heteroatoms. The molecule has 22 heavy (non-hydrogen) atoms. The van der Waals surface area contributed by atoms with E-state index in [1.54, 1.807) is 0 Å². The molecule has 0 spiro atoms. The molecule has 3 rings (SSSR count). The van der Waals surface area contributed by atoms with Crippen LogP contribution in [-0.2, 0) is 13.6 Å². The van der Waals surface area contributed by atoms with Gasteiger partial charge in [0.25, 0.3) is 0 Å². The monoisotopic (exact) mass is 300 g/mol. The molecule has 1 aliphatic rings. The molecule has 0 aliphatic carbocycles. The van der Waals surface area contributed by atoms with Gasteiger partial charge < -0.3 is 9.67 Å². The van der Waals surface area contributed by atoms with Gasteiger partial charge in [-0.15, -0.1) is 10.2 Å². The first-order valence-corrected chi connectivity index (χ1v) is 8.01. The van der Waals surface area contributed by atoms with Crippen LogP contribution >= 0.6 is 0 Å². The van der Waals surface area contributed by atoms with E-state index in [9.17, 15) is 5.11 Å². The summed E-state index contributed by atoms with van der Waals surface area (Å²) in [5, 5.41) is 18.4. The SMILES string of the molecule is CC(O)CC1CCCN1Cc1nnc(-c2ccccc2)n1C. The van der Waals surface area contributed by atoms with Crippen molar-refractivity contribution in [2.24, 2.45) is 7.05 Å². The van der Waals surface area contributed by atoms with E-state index in [1.807, 2.05) is 32.2 Å². The smallest absolute Gasteiger partial charge is 0.163 e. The zero-order valence-corrected chi connectivity index (χ0v) is 13.3. The van der Waals surface area contributed by atoms with Crippen LogP contribution in [0.25, 0.3) is 11.4 Å². The molecule has 5 nitrogen and oxygen atoms in total. The molecule has 0 radical (unpaired) electrons. The lowest BCUT2D eigenvalue weighted by Gasteiger charge is -2.24. The lowest BCUT2D eigenvalue weighted by Crippen LogP contribution is -2.32. The molecule has 1 aromatic carbocycles. The molecule has 1 aromatic heterocycles. The Labute approximate surface area is 131 Å². The third-order valence-corrected chi connectivity index (χ3v) is 4.45. The van der Waals surface area contributed by atoms with Gasteiger partial charge in [0.2, 0.25) is 0 Å². The number of nitrogens with zero attached hydrogens (tertiary/aromatic N) is 4. The van der Waals surface area contributed by atoms with Crippen LogP contribution in [0, 0.1) is 0 Å². The van der Waals surface area contributed by atoms with Gasteiger partial charge in [-0.25, -0.2) is 0 Å². The first-order valence-electron chi connectivity index (χ1n) is 8.01. The van der Waals surface area contributed by atoms with Crippen LogP contribution in [0.4, 0.5) is 0 Å². The van der Waals surface area contributed by atoms with Crippen molar-refractivity contribution in [1.29, 1.82) is 0 Å². The van der Waals surface area contributed by atoms with E-state index >= 15 is 0 Å². The highest BCUT2D eigenvalue weighted by molar-refractivity contribution is 5.54. The highest BCUT2D eigenvalue weighted by Gasteiger charge is 2.27. The van der Waals surface area contributed by atoms with Crippen LogP contribution in [0.3, 0.4) is 0 Å². The first-order chi connectivity index (χ1) is 10.6. The summed E-state index contributed by atoms with van der Waals surface area (Å²) in [6.07, 6.45) is 2.95. The van der Waals surface area contributed by atoms with E-state index in [0.717, 1.165) is 43.1 Å². The molecule has 2 heterocycles. The number of hydrogen-bond donors (Lipinski definition) is 1. The Morgan fingerprint density at radius 2 is 2.05 bits per heavy atom. The number of hydrogen-bond acceptors (Lipinski definition) is 4. The quantitative estimate of drug-likeness (QED) is 0.920. The predicted octanol–water partition coefficient (Wildman–Crippen LogP) is 2.22. The number of aliphatic hydroxyl groups is 1. The van der Waals surface area contributed by atoms with E-state index in [1.165, 1.54) is 6.42 Å². The summed E-state index contributed by atoms with van der Waals surface area (Å²) in [5.74, 6) is 1.89. The Kier molecular flexibility index (Phi) is 4.55. The Balaban J connectivity index is 1.75. The molecule has 2 atom stereocenters. The van der Waals surface area contributed by atoms with Crippen molar-refractivity contribution in [3.63, 3.8) is 0 Å². The third kappa shape index (κ3) is 3.20. The van der Waals surface area contributed by atoms with E-state index in [0.29, 0.717) is 6.04 Å². The highest BCUT2D eigenvalue weighted by atomic mass is 16.3. The van der Waals surface area contributed by atoms with E-state index in [2.05, 4.69) is 31.8 Å². The molecule has 1 fully saturated rings. The Morgan fingerprint density at radius 1 is 1.27 bits per heavy atom. The summed E-state index contributed by atoms with van der Waals surface area (Å²) >= 11 is 0. The average Bonchev–Trinajstić information content (AvgIpc) is 3.08. The maximum Gasteiger partial charge on any atom is 0.163 e. The molecule has 2 aromatic rings. The minimum atomic E-state index is -0.245. The number of rotatable bonds is 5. The Morgan fingerprint density at radius 3 is 2.77 bits per heavy atom. The fourth-order valence-electron chi connectivity index (χ4n) is 3.28. The van der Waals surface area contributed by atoms with Crippen molar-refractivity contribution in [2.45, 2.75) is 44.9 Å². The van der Waals surface area contributed by atoms with Crippen molar-refractivity contribution < 1.29 is 5.11 Å². The maximum absolute atomic E-state index is 9.64. The van der Waals surface area contributed by atoms with Crippen LogP contribution in [0.2, 0.25) is 0 Å². The summed E-state index contributed by atoms with van der Waals surface area (Å²) < 4.78 is 2.08. The van der Waals surface area contributed by atoms with Gasteiger partial charge in [-0.05, 0) is 32.7 Å². The van der Waals surface area contributed by atoms with Crippen LogP contribution in [0.15, 0.2) is 30.3 Å². The fourth-order valence-corrected chi connectivity index (χ4v) is 3.28. The minimum absolute atomic E-state index is 0.245. The zero-order valence-electron chi connectivity index (χ0n) is 13.3. The molecule has 0 saturated carbocycles. The fraction of sp³-hybridized carbons (Fsp3) is 0.529. The summed E-state index contributed by atoms with van der Waals surface area (Å²) in [4.78, 5) is 2.42. The van der Waals surface area contributed by atoms with Crippen molar-refractivity contribution in [2.75, 3.05) is 6.54 Å². The lowest BCUT2D eigenvalue weighted by molar-refractivity contribution is 0.129. The molecule has 1 saturated heterocycles. The molecule has 0 bridgehead atoms. The summed E-state index contributed by atoms with van der Waals surface area (Å²) in [5.41, 5.74) is 1.09. The van der Waals surface area contributed by atoms with E-state index in [-0.39, 0.29) is 6.10 Å². The summed E-state index contributed by atoms with van der Waals surface area (Å²) in [6, 6.07) is 10.6. The van der Waals surface area contributed by atoms with Crippen LogP contribution in [0.1, 0.15) is 32.0 Å². The van der Waals surface area contributed by atoms with Crippen molar-refractivity contribution in [1.82, 2.24) is 19.7 Å². The van der Waals surface area contributed by atoms with Crippen LogP contribution in [0.5, 0.6) is 0 Å². The standard InChI is InChI=1S/C17H24N4O/c1-13(22)11-15-9-6-10-21(15)12-16-18-19-17(20(16)2)14-7-4-3-5-8-14/h3-5,7-8,13,15,22H,6,9-12H2,1-2H3. The second-order valence-corrected chi connectivity index (χ2v) is 6.22. The number of likely N-dealkylation sites (tertiary alicyclic amines) is 1. The van der Waals surface area contributed by atoms with Crippen LogP contribution in [-0.4, -0.2) is 43.5 Å². The number of aliphatic hydroxyl groups excluding tert-OH is 1. The van der Waals surface area contributed by atoms with Crippen molar-refractivity contribution >= 4 is 0 Å². The number of benzene rings is 1. The number of aromatic nitrogens is 3. The predicted molar refractivity (Wildman–Crippen MR) is 86.2 cm³/mol. The van der Waals surface area contributed by atoms with Gasteiger partial charge in [-0.1, -0.05) is 30.3 Å². The largest absolute Gasteiger partial charge is 0.393 e. The highest BCUT2D eigenvalue weighted by Crippen LogP contribution is 2.24. The van der Waals surface area contributed by atoms with Gasteiger partial charge in [-0.3, -0.25) is 4.90 Å². The maximum atomic E-state index is 9.64. The molecule has 1 N–H and O–H groups in total. The van der Waals surface area contributed by atoms with Gasteiger partial charge in [-0.2, -0.15) is 0 Å². The molecule has 118 valence electrons. The van der Waals surface area contributed by atoms with Gasteiger partial charge in [0.1, 0.15) is 5.82 Å². The third-order valence-electron chi connectivity index (χ3n) is 4.45. The molecule has 0 amide bonds. The Bertz CT molecular complexity index is 608. The van der Waals surface area contributed by atoms with E-state index < -0.39 is 0 Å². The van der Waals surface area contributed by atoms with Crippen molar-refractivity contribution in [3.05, 3.63) is 36.2 Å². The molecular formula is C17H24N4O. The van der Waals surface area contributed by atoms with E-state index in [4.69, 9.17) is 0 Å². The van der Waals surface area contributed by atoms with Gasteiger partial charge in [0, 0.05) is 18.7 Å². The second kappa shape index (κ2) is 6.58. The lowest BCUT2D eigenvalue weighted by atomic mass is 10.1. The summed E-state index contributed by atoms with van der Waals surface area (Å²) in [7, 11) is 2.03. The normalized spacial score (nSPS) is 20.4.